The van der Waals surface area contributed by atoms with Gasteiger partial charge in [-0.15, -0.1) is 11.3 Å². The zero-order chi connectivity index (χ0) is 9.97. The summed E-state index contributed by atoms with van der Waals surface area (Å²) in [5, 5.41) is 18.1. The molecule has 2 aromatic rings. The summed E-state index contributed by atoms with van der Waals surface area (Å²) in [5.74, 6) is 0. The first-order chi connectivity index (χ1) is 6.83. The van der Waals surface area contributed by atoms with Gasteiger partial charge < -0.3 is 0 Å². The normalized spacial score (nSPS) is 9.93. The highest BCUT2D eigenvalue weighted by molar-refractivity contribution is 7.12. The summed E-state index contributed by atoms with van der Waals surface area (Å²) >= 11 is 1.39. The largest absolute Gasteiger partial charge is 0.370 e. The zero-order valence-electron chi connectivity index (χ0n) is 6.99. The summed E-state index contributed by atoms with van der Waals surface area (Å²) in [7, 11) is 0. The summed E-state index contributed by atoms with van der Waals surface area (Å²) in [6, 6.07) is 5.41. The van der Waals surface area contributed by atoms with Crippen LogP contribution in [0.4, 0.5) is 0 Å². The zero-order valence-corrected chi connectivity index (χ0v) is 7.81. The van der Waals surface area contributed by atoms with E-state index in [4.69, 9.17) is 5.26 Å². The Morgan fingerprint density at radius 2 is 2.43 bits per heavy atom. The first-order valence-corrected chi connectivity index (χ1v) is 4.64. The number of aromatic nitrogens is 4. The monoisotopic (exact) mass is 207 g/mol. The van der Waals surface area contributed by atoms with Crippen molar-refractivity contribution in [3.8, 4) is 11.1 Å². The van der Waals surface area contributed by atoms with Gasteiger partial charge in [-0.05, 0) is 27.9 Å². The molecule has 2 heterocycles. The third kappa shape index (κ3) is 1.31. The standard InChI is InChI=1S/C7H5N5OS/c8-3-4-11-7(13)12(10-9-11)6-2-1-5-14-6/h1-2,5H,4H2. The summed E-state index contributed by atoms with van der Waals surface area (Å²) < 4.78 is 2.18. The molecule has 0 aliphatic rings. The van der Waals surface area contributed by atoms with Crippen molar-refractivity contribution >= 4 is 11.3 Å². The van der Waals surface area contributed by atoms with Gasteiger partial charge in [0.15, 0.2) is 0 Å². The number of hydrogen-bond acceptors (Lipinski definition) is 5. The van der Waals surface area contributed by atoms with Gasteiger partial charge in [0.2, 0.25) is 0 Å². The van der Waals surface area contributed by atoms with Crippen LogP contribution in [0.2, 0.25) is 0 Å². The van der Waals surface area contributed by atoms with Gasteiger partial charge in [0.25, 0.3) is 0 Å². The van der Waals surface area contributed by atoms with Crippen molar-refractivity contribution in [2.45, 2.75) is 6.54 Å². The summed E-state index contributed by atoms with van der Waals surface area (Å²) in [6.45, 7) is -0.0792. The van der Waals surface area contributed by atoms with E-state index in [9.17, 15) is 4.79 Å². The van der Waals surface area contributed by atoms with Crippen LogP contribution in [0.1, 0.15) is 0 Å². The van der Waals surface area contributed by atoms with Gasteiger partial charge in [-0.25, -0.2) is 4.79 Å². The van der Waals surface area contributed by atoms with Gasteiger partial charge >= 0.3 is 5.69 Å². The smallest absolute Gasteiger partial charge is 0.244 e. The molecule has 0 bridgehead atoms. The van der Waals surface area contributed by atoms with Crippen LogP contribution in [0, 0.1) is 11.3 Å². The molecule has 2 aromatic heterocycles. The number of nitrogens with zero attached hydrogens (tertiary/aromatic N) is 5. The number of rotatable bonds is 2. The molecule has 0 fully saturated rings. The van der Waals surface area contributed by atoms with E-state index < -0.39 is 5.69 Å². The van der Waals surface area contributed by atoms with Gasteiger partial charge in [0.1, 0.15) is 11.5 Å². The molecule has 0 aromatic carbocycles. The van der Waals surface area contributed by atoms with Crippen molar-refractivity contribution in [3.05, 3.63) is 28.0 Å². The Bertz CT molecular complexity index is 517. The quantitative estimate of drug-likeness (QED) is 0.695. The Balaban J connectivity index is 2.48. The highest BCUT2D eigenvalue weighted by atomic mass is 32.1. The second kappa shape index (κ2) is 3.43. The molecule has 0 N–H and O–H groups in total. The van der Waals surface area contributed by atoms with Crippen molar-refractivity contribution in [2.75, 3.05) is 0 Å². The molecular weight excluding hydrogens is 202 g/mol. The number of thiophene rings is 1. The minimum Gasteiger partial charge on any atom is -0.244 e. The van der Waals surface area contributed by atoms with Crippen LogP contribution in [0.3, 0.4) is 0 Å². The molecular formula is C7H5N5OS. The Kier molecular flexibility index (Phi) is 2.12. The maximum Gasteiger partial charge on any atom is 0.370 e. The van der Waals surface area contributed by atoms with Crippen molar-refractivity contribution < 1.29 is 0 Å². The van der Waals surface area contributed by atoms with Crippen LogP contribution in [0.25, 0.3) is 5.00 Å². The number of nitriles is 1. The second-order valence-electron chi connectivity index (χ2n) is 2.44. The fourth-order valence-corrected chi connectivity index (χ4v) is 1.64. The van der Waals surface area contributed by atoms with E-state index in [1.54, 1.807) is 6.07 Å². The molecule has 7 heteroatoms. The van der Waals surface area contributed by atoms with Gasteiger partial charge in [0.05, 0.1) is 6.07 Å². The topological polar surface area (TPSA) is 76.5 Å². The minimum atomic E-state index is -0.394. The van der Waals surface area contributed by atoms with E-state index in [2.05, 4.69) is 10.4 Å². The third-order valence-corrected chi connectivity index (χ3v) is 2.42. The molecule has 70 valence electrons. The Morgan fingerprint density at radius 3 is 3.07 bits per heavy atom. The number of tetrazole rings is 1. The van der Waals surface area contributed by atoms with Gasteiger partial charge in [-0.3, -0.25) is 0 Å². The van der Waals surface area contributed by atoms with Crippen LogP contribution in [0.15, 0.2) is 22.3 Å². The molecule has 14 heavy (non-hydrogen) atoms. The average Bonchev–Trinajstić information content (AvgIpc) is 2.77. The predicted octanol–water partition coefficient (Wildman–Crippen LogP) is 0.0141. The van der Waals surface area contributed by atoms with Crippen LogP contribution in [-0.2, 0) is 6.54 Å². The lowest BCUT2D eigenvalue weighted by Crippen LogP contribution is -2.23. The van der Waals surface area contributed by atoms with E-state index in [0.29, 0.717) is 5.00 Å². The Hall–Kier alpha value is -1.94. The highest BCUT2D eigenvalue weighted by Gasteiger charge is 2.08. The van der Waals surface area contributed by atoms with E-state index in [1.807, 2.05) is 17.5 Å². The van der Waals surface area contributed by atoms with E-state index in [0.717, 1.165) is 4.68 Å². The fraction of sp³-hybridized carbons (Fsp3) is 0.143. The lowest BCUT2D eigenvalue weighted by atomic mass is 10.6. The molecule has 0 atom stereocenters. The maximum absolute atomic E-state index is 11.5. The maximum atomic E-state index is 11.5. The molecule has 0 saturated heterocycles. The van der Waals surface area contributed by atoms with Crippen LogP contribution in [0.5, 0.6) is 0 Å². The highest BCUT2D eigenvalue weighted by Crippen LogP contribution is 2.10. The second-order valence-corrected chi connectivity index (χ2v) is 3.37. The molecule has 0 spiro atoms. The summed E-state index contributed by atoms with van der Waals surface area (Å²) in [4.78, 5) is 11.5. The van der Waals surface area contributed by atoms with Crippen molar-refractivity contribution in [1.82, 2.24) is 19.8 Å². The van der Waals surface area contributed by atoms with Gasteiger partial charge in [0, 0.05) is 0 Å². The molecule has 0 aliphatic carbocycles. The van der Waals surface area contributed by atoms with Crippen LogP contribution < -0.4 is 5.69 Å². The van der Waals surface area contributed by atoms with Crippen molar-refractivity contribution in [2.24, 2.45) is 0 Å². The van der Waals surface area contributed by atoms with Crippen molar-refractivity contribution in [1.29, 1.82) is 5.26 Å². The predicted molar refractivity (Wildman–Crippen MR) is 49.1 cm³/mol. The first kappa shape index (κ1) is 8.65. The van der Waals surface area contributed by atoms with Gasteiger partial charge in [-0.1, -0.05) is 0 Å². The molecule has 0 unspecified atom stereocenters. The van der Waals surface area contributed by atoms with E-state index in [1.165, 1.54) is 16.0 Å². The molecule has 0 saturated carbocycles. The summed E-state index contributed by atoms with van der Waals surface area (Å²) in [6.07, 6.45) is 0. The molecule has 0 aliphatic heterocycles. The van der Waals surface area contributed by atoms with Gasteiger partial charge in [-0.2, -0.15) is 14.6 Å². The van der Waals surface area contributed by atoms with E-state index >= 15 is 0 Å². The summed E-state index contributed by atoms with van der Waals surface area (Å²) in [5.41, 5.74) is -0.394. The lowest BCUT2D eigenvalue weighted by molar-refractivity contribution is 0.650. The third-order valence-electron chi connectivity index (χ3n) is 1.57. The molecule has 2 rings (SSSR count). The van der Waals surface area contributed by atoms with Crippen molar-refractivity contribution in [3.63, 3.8) is 0 Å². The number of hydrogen-bond donors (Lipinski definition) is 0. The fourth-order valence-electron chi connectivity index (χ4n) is 0.969. The molecule has 0 radical (unpaired) electrons. The van der Waals surface area contributed by atoms with Crippen LogP contribution in [-0.4, -0.2) is 19.8 Å². The Labute approximate surface area is 82.6 Å². The minimum absolute atomic E-state index is 0.0792. The van der Waals surface area contributed by atoms with Crippen LogP contribution >= 0.6 is 11.3 Å². The molecule has 0 amide bonds. The Morgan fingerprint density at radius 1 is 1.57 bits per heavy atom. The first-order valence-electron chi connectivity index (χ1n) is 3.76. The molecule has 6 nitrogen and oxygen atoms in total. The average molecular weight is 207 g/mol. The lowest BCUT2D eigenvalue weighted by Gasteiger charge is -1.89. The SMILES string of the molecule is N#CCn1nnn(-c2cccs2)c1=O. The van der Waals surface area contributed by atoms with E-state index in [-0.39, 0.29) is 6.54 Å².